The normalized spacial score (nSPS) is 10.8. The highest BCUT2D eigenvalue weighted by Gasteiger charge is 2.02. The third kappa shape index (κ3) is 9.10. The second-order valence-corrected chi connectivity index (χ2v) is 9.48. The van der Waals surface area contributed by atoms with Crippen LogP contribution in [-0.4, -0.2) is 0 Å². The van der Waals surface area contributed by atoms with Gasteiger partial charge in [0.25, 0.3) is 0 Å². The van der Waals surface area contributed by atoms with Gasteiger partial charge in [-0.2, -0.15) is 0 Å². The summed E-state index contributed by atoms with van der Waals surface area (Å²) in [5, 5.41) is 0. The smallest absolute Gasteiger partial charge is 0.00882 e. The van der Waals surface area contributed by atoms with Gasteiger partial charge in [-0.25, -0.2) is 0 Å². The van der Waals surface area contributed by atoms with Gasteiger partial charge >= 0.3 is 0 Å². The maximum absolute atomic E-state index is 2.30. The molecule has 0 atom stereocenters. The molecule has 202 valence electrons. The molecule has 0 aromatic heterocycles. The van der Waals surface area contributed by atoms with E-state index >= 15 is 0 Å². The molecule has 0 aliphatic heterocycles. The molecule has 40 heavy (non-hydrogen) atoms. The molecule has 0 heterocycles. The van der Waals surface area contributed by atoms with Crippen molar-refractivity contribution in [2.75, 3.05) is 0 Å². The molecule has 0 fully saturated rings. The van der Waals surface area contributed by atoms with Crippen molar-refractivity contribution in [3.05, 3.63) is 174 Å². The Labute approximate surface area is 242 Å². The number of hydrogen-bond acceptors (Lipinski definition) is 0. The van der Waals surface area contributed by atoms with Crippen LogP contribution in [0.3, 0.4) is 0 Å². The fourth-order valence-electron chi connectivity index (χ4n) is 4.50. The molecule has 0 unspecified atom stereocenters. The van der Waals surface area contributed by atoms with Crippen molar-refractivity contribution in [2.45, 2.75) is 41.0 Å². The number of aryl methyl sites for hydroxylation is 2. The van der Waals surface area contributed by atoms with Crippen LogP contribution in [0.25, 0.3) is 27.8 Å². The van der Waals surface area contributed by atoms with Gasteiger partial charge in [-0.1, -0.05) is 171 Å². The molecule has 0 amide bonds. The Morgan fingerprint density at radius 1 is 0.575 bits per heavy atom. The number of allylic oxidation sites excluding steroid dienone is 4. The van der Waals surface area contributed by atoms with Crippen molar-refractivity contribution in [3.63, 3.8) is 0 Å². The highest BCUT2D eigenvalue weighted by Crippen LogP contribution is 2.26. The average Bonchev–Trinajstić information content (AvgIpc) is 3.02. The zero-order valence-corrected chi connectivity index (χ0v) is 24.6. The highest BCUT2D eigenvalue weighted by atomic mass is 14.1. The fourth-order valence-corrected chi connectivity index (χ4v) is 4.50. The zero-order chi connectivity index (χ0) is 28.6. The van der Waals surface area contributed by atoms with E-state index in [1.165, 1.54) is 50.1 Å². The second kappa shape index (κ2) is 16.5. The number of hydrogen-bond donors (Lipinski definition) is 0. The number of rotatable bonds is 6. The minimum absolute atomic E-state index is 0.967. The fraction of sp³-hybridized carbons (Fsp3) is 0.150. The largest absolute Gasteiger partial charge is 0.0871 e. The lowest BCUT2D eigenvalue weighted by atomic mass is 9.98. The monoisotopic (exact) mass is 522 g/mol. The first kappa shape index (κ1) is 30.1. The predicted molar refractivity (Wildman–Crippen MR) is 178 cm³/mol. The zero-order valence-electron chi connectivity index (χ0n) is 24.6. The summed E-state index contributed by atoms with van der Waals surface area (Å²) in [7, 11) is 0. The molecule has 0 heteroatoms. The third-order valence-corrected chi connectivity index (χ3v) is 6.55. The second-order valence-electron chi connectivity index (χ2n) is 9.48. The van der Waals surface area contributed by atoms with Gasteiger partial charge in [0.05, 0.1) is 0 Å². The van der Waals surface area contributed by atoms with Gasteiger partial charge in [-0.15, -0.1) is 0 Å². The molecular formula is C40H42. The van der Waals surface area contributed by atoms with Gasteiger partial charge in [-0.05, 0) is 71.7 Å². The van der Waals surface area contributed by atoms with Crippen LogP contribution in [0, 0.1) is 13.8 Å². The lowest BCUT2D eigenvalue weighted by Crippen LogP contribution is -1.86. The SMILES string of the molecule is C/C=C\C(=C/Cc1ccccc1)c1cccc(C)c1.CC.Cc1ccccc1-c1ccc(-c2ccccc2)cc1. The van der Waals surface area contributed by atoms with Gasteiger partial charge in [0, 0.05) is 0 Å². The van der Waals surface area contributed by atoms with Gasteiger partial charge in [0.2, 0.25) is 0 Å². The van der Waals surface area contributed by atoms with Gasteiger partial charge in [-0.3, -0.25) is 0 Å². The van der Waals surface area contributed by atoms with Crippen molar-refractivity contribution >= 4 is 5.57 Å². The molecule has 5 aromatic rings. The van der Waals surface area contributed by atoms with E-state index in [4.69, 9.17) is 0 Å². The Morgan fingerprint density at radius 3 is 1.77 bits per heavy atom. The first-order valence-electron chi connectivity index (χ1n) is 14.3. The van der Waals surface area contributed by atoms with E-state index in [1.807, 2.05) is 19.9 Å². The summed E-state index contributed by atoms with van der Waals surface area (Å²) in [6.45, 7) is 10.3. The Balaban J connectivity index is 0.000000208. The van der Waals surface area contributed by atoms with Crippen molar-refractivity contribution in [2.24, 2.45) is 0 Å². The van der Waals surface area contributed by atoms with Crippen LogP contribution in [0.4, 0.5) is 0 Å². The van der Waals surface area contributed by atoms with E-state index in [-0.39, 0.29) is 0 Å². The topological polar surface area (TPSA) is 0 Å². The molecule has 5 aromatic carbocycles. The van der Waals surface area contributed by atoms with Crippen LogP contribution in [0.1, 0.15) is 43.0 Å². The molecule has 5 rings (SSSR count). The van der Waals surface area contributed by atoms with Crippen molar-refractivity contribution in [1.82, 2.24) is 0 Å². The van der Waals surface area contributed by atoms with Gasteiger partial charge < -0.3 is 0 Å². The highest BCUT2D eigenvalue weighted by molar-refractivity contribution is 5.74. The molecule has 0 spiro atoms. The lowest BCUT2D eigenvalue weighted by molar-refractivity contribution is 1.27. The summed E-state index contributed by atoms with van der Waals surface area (Å²) in [6, 6.07) is 47.0. The first-order valence-corrected chi connectivity index (χ1v) is 14.3. The molecule has 0 saturated carbocycles. The maximum atomic E-state index is 2.30. The summed E-state index contributed by atoms with van der Waals surface area (Å²) in [5.41, 5.74) is 11.6. The molecule has 0 saturated heterocycles. The summed E-state index contributed by atoms with van der Waals surface area (Å²) >= 11 is 0. The Bertz CT molecular complexity index is 1470. The molecule has 0 aliphatic carbocycles. The molecule has 0 aliphatic rings. The Kier molecular flexibility index (Phi) is 12.4. The molecule has 0 nitrogen and oxygen atoms in total. The van der Waals surface area contributed by atoms with E-state index in [9.17, 15) is 0 Å². The van der Waals surface area contributed by atoms with Crippen LogP contribution < -0.4 is 0 Å². The van der Waals surface area contributed by atoms with E-state index < -0.39 is 0 Å². The third-order valence-electron chi connectivity index (χ3n) is 6.55. The Morgan fingerprint density at radius 2 is 1.15 bits per heavy atom. The van der Waals surface area contributed by atoms with E-state index in [0.717, 1.165) is 6.42 Å². The predicted octanol–water partition coefficient (Wildman–Crippen LogP) is 11.6. The summed E-state index contributed by atoms with van der Waals surface area (Å²) in [5.74, 6) is 0. The summed E-state index contributed by atoms with van der Waals surface area (Å²) < 4.78 is 0. The Hall–Kier alpha value is -4.42. The standard InChI is InChI=1S/C19H16.C19H20.C2H6/c1-15-7-5-6-10-19(15)18-13-11-17(12-14-18)16-8-3-2-4-9-16;1-3-8-18(19-12-7-9-16(2)15-19)14-13-17-10-5-4-6-11-17;1-2/h2-14H,1H3;3-12,14-15H,13H2,1-2H3;1-2H3/b;8-3-,18-14+;. The van der Waals surface area contributed by atoms with Crippen molar-refractivity contribution in [1.29, 1.82) is 0 Å². The van der Waals surface area contributed by atoms with E-state index in [2.05, 4.69) is 166 Å². The van der Waals surface area contributed by atoms with Crippen molar-refractivity contribution in [3.8, 4) is 22.3 Å². The minimum Gasteiger partial charge on any atom is -0.0871 e. The van der Waals surface area contributed by atoms with Gasteiger partial charge in [0.15, 0.2) is 0 Å². The number of benzene rings is 5. The molecule has 0 N–H and O–H groups in total. The molecular weight excluding hydrogens is 480 g/mol. The summed E-state index contributed by atoms with van der Waals surface area (Å²) in [6.07, 6.45) is 7.54. The summed E-state index contributed by atoms with van der Waals surface area (Å²) in [4.78, 5) is 0. The van der Waals surface area contributed by atoms with Crippen LogP contribution in [0.2, 0.25) is 0 Å². The minimum atomic E-state index is 0.967. The molecule has 0 radical (unpaired) electrons. The lowest BCUT2D eigenvalue weighted by Gasteiger charge is -2.07. The van der Waals surface area contributed by atoms with Crippen LogP contribution in [0.5, 0.6) is 0 Å². The van der Waals surface area contributed by atoms with E-state index in [1.54, 1.807) is 0 Å². The van der Waals surface area contributed by atoms with Crippen LogP contribution >= 0.6 is 0 Å². The molecule has 0 bridgehead atoms. The van der Waals surface area contributed by atoms with E-state index in [0.29, 0.717) is 0 Å². The van der Waals surface area contributed by atoms with Gasteiger partial charge in [0.1, 0.15) is 0 Å². The van der Waals surface area contributed by atoms with Crippen molar-refractivity contribution < 1.29 is 0 Å². The average molecular weight is 523 g/mol. The van der Waals surface area contributed by atoms with Crippen LogP contribution in [-0.2, 0) is 6.42 Å². The van der Waals surface area contributed by atoms with Crippen LogP contribution in [0.15, 0.2) is 152 Å². The maximum Gasteiger partial charge on any atom is -0.00882 e. The first-order chi connectivity index (χ1) is 19.6. The quantitative estimate of drug-likeness (QED) is 0.195.